The predicted octanol–water partition coefficient (Wildman–Crippen LogP) is 4.65. The van der Waals surface area contributed by atoms with Crippen molar-refractivity contribution >= 4 is 5.91 Å². The Hall–Kier alpha value is -3.59. The third kappa shape index (κ3) is 3.64. The van der Waals surface area contributed by atoms with Crippen molar-refractivity contribution in [3.8, 4) is 23.1 Å². The molecule has 0 atom stereocenters. The van der Waals surface area contributed by atoms with Gasteiger partial charge in [-0.15, -0.1) is 0 Å². The van der Waals surface area contributed by atoms with Crippen molar-refractivity contribution in [2.24, 2.45) is 0 Å². The molecule has 6 heteroatoms. The number of hydrogen-bond acceptors (Lipinski definition) is 4. The van der Waals surface area contributed by atoms with Crippen molar-refractivity contribution in [2.45, 2.75) is 45.6 Å². The molecule has 2 heterocycles. The highest BCUT2D eigenvalue weighted by molar-refractivity contribution is 5.98. The number of carbonyl (C=O) groups excluding carboxylic acids is 1. The highest BCUT2D eigenvalue weighted by Crippen LogP contribution is 2.38. The molecule has 3 aromatic rings. The van der Waals surface area contributed by atoms with Crippen LogP contribution in [0.2, 0.25) is 0 Å². The van der Waals surface area contributed by atoms with Crippen LogP contribution < -0.4 is 4.74 Å². The van der Waals surface area contributed by atoms with Crippen molar-refractivity contribution < 1.29 is 9.53 Å². The standard InChI is InChI=1S/C26H26N4O2/c1-15-10-16(2)23(11-22(15)24-25(17(3)28-29-24)32-21-8-9-21)26(31)30-13-20(14-30)19-6-4-18(12-27)5-7-19/h4-7,10-11,20-21H,8-9,13-14H2,1-3H3,(H,28,29). The topological polar surface area (TPSA) is 82.0 Å². The molecule has 1 saturated heterocycles. The summed E-state index contributed by atoms with van der Waals surface area (Å²) in [6.07, 6.45) is 2.43. The van der Waals surface area contributed by atoms with Crippen LogP contribution in [0.4, 0.5) is 0 Å². The lowest BCUT2D eigenvalue weighted by Crippen LogP contribution is -2.48. The fraction of sp³-hybridized carbons (Fsp3) is 0.346. The summed E-state index contributed by atoms with van der Waals surface area (Å²) in [7, 11) is 0. The lowest BCUT2D eigenvalue weighted by molar-refractivity contribution is 0.0601. The lowest BCUT2D eigenvalue weighted by Gasteiger charge is -2.40. The molecule has 1 amide bonds. The minimum Gasteiger partial charge on any atom is -0.486 e. The van der Waals surface area contributed by atoms with Gasteiger partial charge in [-0.25, -0.2) is 0 Å². The fourth-order valence-corrected chi connectivity index (χ4v) is 4.29. The molecule has 0 spiro atoms. The Morgan fingerprint density at radius 2 is 1.84 bits per heavy atom. The molecule has 1 aromatic heterocycles. The molecule has 6 nitrogen and oxygen atoms in total. The summed E-state index contributed by atoms with van der Waals surface area (Å²) in [5, 5.41) is 16.5. The molecule has 2 fully saturated rings. The number of nitrogens with zero attached hydrogens (tertiary/aromatic N) is 3. The van der Waals surface area contributed by atoms with Gasteiger partial charge in [-0.1, -0.05) is 18.2 Å². The van der Waals surface area contributed by atoms with Crippen molar-refractivity contribution in [2.75, 3.05) is 13.1 Å². The minimum absolute atomic E-state index is 0.0468. The molecule has 2 aliphatic rings. The van der Waals surface area contributed by atoms with E-state index in [-0.39, 0.29) is 12.0 Å². The van der Waals surface area contributed by atoms with E-state index in [9.17, 15) is 4.79 Å². The summed E-state index contributed by atoms with van der Waals surface area (Å²) >= 11 is 0. The Morgan fingerprint density at radius 3 is 2.50 bits per heavy atom. The van der Waals surface area contributed by atoms with Gasteiger partial charge in [0.2, 0.25) is 0 Å². The monoisotopic (exact) mass is 426 g/mol. The summed E-state index contributed by atoms with van der Waals surface area (Å²) in [5.74, 6) is 1.15. The SMILES string of the molecule is Cc1cc(C)c(-c2n[nH]c(C)c2OC2CC2)cc1C(=O)N1CC(c2ccc(C#N)cc2)C1. The van der Waals surface area contributed by atoms with E-state index >= 15 is 0 Å². The third-order valence-corrected chi connectivity index (χ3v) is 6.44. The molecule has 0 radical (unpaired) electrons. The number of H-pyrrole nitrogens is 1. The number of ether oxygens (including phenoxy) is 1. The summed E-state index contributed by atoms with van der Waals surface area (Å²) in [6.45, 7) is 7.37. The van der Waals surface area contributed by atoms with E-state index in [1.165, 1.54) is 5.56 Å². The summed E-state index contributed by atoms with van der Waals surface area (Å²) < 4.78 is 6.12. The molecule has 162 valence electrons. The number of likely N-dealkylation sites (tertiary alicyclic amines) is 1. The normalized spacial score (nSPS) is 15.9. The van der Waals surface area contributed by atoms with Crippen molar-refractivity contribution in [3.63, 3.8) is 0 Å². The highest BCUT2D eigenvalue weighted by Gasteiger charge is 2.33. The first-order chi connectivity index (χ1) is 15.4. The molecular formula is C26H26N4O2. The first-order valence-electron chi connectivity index (χ1n) is 11.1. The van der Waals surface area contributed by atoms with Gasteiger partial charge in [-0.05, 0) is 68.5 Å². The van der Waals surface area contributed by atoms with Crippen molar-refractivity contribution in [3.05, 3.63) is 69.9 Å². The zero-order valence-corrected chi connectivity index (χ0v) is 18.6. The Bertz CT molecular complexity index is 1230. The van der Waals surface area contributed by atoms with Crippen LogP contribution in [-0.4, -0.2) is 40.2 Å². The van der Waals surface area contributed by atoms with E-state index in [1.807, 2.05) is 56.0 Å². The van der Waals surface area contributed by atoms with E-state index in [1.54, 1.807) is 0 Å². The van der Waals surface area contributed by atoms with Gasteiger partial charge in [0.25, 0.3) is 5.91 Å². The molecular weight excluding hydrogens is 400 g/mol. The van der Waals surface area contributed by atoms with Crippen LogP contribution in [0.1, 0.15) is 57.1 Å². The molecule has 32 heavy (non-hydrogen) atoms. The van der Waals surface area contributed by atoms with Gasteiger partial charge in [0, 0.05) is 30.1 Å². The van der Waals surface area contributed by atoms with E-state index in [0.717, 1.165) is 46.7 Å². The van der Waals surface area contributed by atoms with Gasteiger partial charge in [-0.2, -0.15) is 10.4 Å². The molecule has 0 bridgehead atoms. The molecule has 1 aliphatic heterocycles. The molecule has 1 N–H and O–H groups in total. The van der Waals surface area contributed by atoms with Gasteiger partial charge in [0.15, 0.2) is 5.75 Å². The fourth-order valence-electron chi connectivity index (χ4n) is 4.29. The third-order valence-electron chi connectivity index (χ3n) is 6.44. The van der Waals surface area contributed by atoms with Crippen LogP contribution in [-0.2, 0) is 0 Å². The van der Waals surface area contributed by atoms with E-state index in [4.69, 9.17) is 10.00 Å². The predicted molar refractivity (Wildman–Crippen MR) is 122 cm³/mol. The van der Waals surface area contributed by atoms with Crippen LogP contribution in [0.5, 0.6) is 5.75 Å². The summed E-state index contributed by atoms with van der Waals surface area (Å²) in [6, 6.07) is 13.8. The van der Waals surface area contributed by atoms with Crippen molar-refractivity contribution in [1.29, 1.82) is 5.26 Å². The summed E-state index contributed by atoms with van der Waals surface area (Å²) in [4.78, 5) is 15.2. The van der Waals surface area contributed by atoms with Crippen LogP contribution in [0, 0.1) is 32.1 Å². The Balaban J connectivity index is 1.38. The van der Waals surface area contributed by atoms with E-state index in [0.29, 0.717) is 30.1 Å². The first-order valence-corrected chi connectivity index (χ1v) is 11.1. The lowest BCUT2D eigenvalue weighted by atomic mass is 9.89. The number of aromatic nitrogens is 2. The number of nitrogens with one attached hydrogen (secondary N) is 1. The van der Waals surface area contributed by atoms with Crippen LogP contribution >= 0.6 is 0 Å². The second kappa shape index (κ2) is 7.83. The van der Waals surface area contributed by atoms with Gasteiger partial charge < -0.3 is 9.64 Å². The second-order valence-corrected chi connectivity index (χ2v) is 8.97. The number of aryl methyl sites for hydroxylation is 3. The maximum absolute atomic E-state index is 13.3. The average molecular weight is 427 g/mol. The van der Waals surface area contributed by atoms with Gasteiger partial charge >= 0.3 is 0 Å². The quantitative estimate of drug-likeness (QED) is 0.644. The molecule has 1 saturated carbocycles. The average Bonchev–Trinajstić information content (AvgIpc) is 3.50. The number of nitriles is 1. The van der Waals surface area contributed by atoms with Gasteiger partial charge in [-0.3, -0.25) is 9.89 Å². The Kier molecular flexibility index (Phi) is 4.97. The van der Waals surface area contributed by atoms with Gasteiger partial charge in [0.05, 0.1) is 23.4 Å². The number of benzene rings is 2. The highest BCUT2D eigenvalue weighted by atomic mass is 16.5. The van der Waals surface area contributed by atoms with Crippen molar-refractivity contribution in [1.82, 2.24) is 15.1 Å². The molecule has 2 aromatic carbocycles. The molecule has 0 unspecified atom stereocenters. The van der Waals surface area contributed by atoms with E-state index < -0.39 is 0 Å². The molecule has 1 aliphatic carbocycles. The number of carbonyl (C=O) groups is 1. The Labute approximate surface area is 187 Å². The number of hydrogen-bond donors (Lipinski definition) is 1. The summed E-state index contributed by atoms with van der Waals surface area (Å²) in [5.41, 5.74) is 7.20. The first kappa shape index (κ1) is 20.3. The van der Waals surface area contributed by atoms with Crippen LogP contribution in [0.15, 0.2) is 36.4 Å². The maximum atomic E-state index is 13.3. The van der Waals surface area contributed by atoms with Gasteiger partial charge in [0.1, 0.15) is 5.69 Å². The Morgan fingerprint density at radius 1 is 1.12 bits per heavy atom. The minimum atomic E-state index is 0.0468. The number of amides is 1. The number of rotatable bonds is 5. The zero-order chi connectivity index (χ0) is 22.4. The van der Waals surface area contributed by atoms with Crippen LogP contribution in [0.25, 0.3) is 11.3 Å². The molecule has 5 rings (SSSR count). The zero-order valence-electron chi connectivity index (χ0n) is 18.6. The smallest absolute Gasteiger partial charge is 0.254 e. The van der Waals surface area contributed by atoms with E-state index in [2.05, 4.69) is 22.3 Å². The maximum Gasteiger partial charge on any atom is 0.254 e. The second-order valence-electron chi connectivity index (χ2n) is 8.97. The largest absolute Gasteiger partial charge is 0.486 e. The van der Waals surface area contributed by atoms with Crippen LogP contribution in [0.3, 0.4) is 0 Å². The number of aromatic amines is 1.